The molecule has 1 heterocycles. The van der Waals surface area contributed by atoms with Crippen molar-refractivity contribution in [3.63, 3.8) is 0 Å². The highest BCUT2D eigenvalue weighted by molar-refractivity contribution is 5.94. The molecule has 0 aromatic heterocycles. The van der Waals surface area contributed by atoms with Gasteiger partial charge in [0.1, 0.15) is 0 Å². The Balaban J connectivity index is 2.66. The summed E-state index contributed by atoms with van der Waals surface area (Å²) in [4.78, 5) is 21.7. The molecule has 0 aromatic rings. The SMILES string of the molecule is CCCCCCCN(C)/C(=N/C(=N)N1CCN(C(=N)/N=C(\N(C)C)N(C)CCCCCCC)CC1)N(C)C. The molecule has 0 bridgehead atoms. The van der Waals surface area contributed by atoms with Crippen molar-refractivity contribution >= 4 is 23.8 Å². The van der Waals surface area contributed by atoms with Crippen LogP contribution in [0, 0.1) is 10.8 Å². The van der Waals surface area contributed by atoms with Crippen LogP contribution < -0.4 is 0 Å². The fourth-order valence-electron chi connectivity index (χ4n) is 4.62. The number of piperazine rings is 1. The molecule has 1 aliphatic heterocycles. The van der Waals surface area contributed by atoms with Crippen molar-refractivity contribution in [3.8, 4) is 0 Å². The molecule has 10 nitrogen and oxygen atoms in total. The zero-order valence-corrected chi connectivity index (χ0v) is 25.9. The van der Waals surface area contributed by atoms with Crippen molar-refractivity contribution in [2.45, 2.75) is 78.1 Å². The first-order valence-corrected chi connectivity index (χ1v) is 14.7. The fourth-order valence-corrected chi connectivity index (χ4v) is 4.62. The molecule has 1 aliphatic rings. The van der Waals surface area contributed by atoms with Crippen molar-refractivity contribution in [2.24, 2.45) is 9.98 Å². The maximum Gasteiger partial charge on any atom is 0.221 e. The highest BCUT2D eigenvalue weighted by atomic mass is 15.4. The van der Waals surface area contributed by atoms with Crippen LogP contribution in [0.15, 0.2) is 9.98 Å². The maximum atomic E-state index is 8.65. The van der Waals surface area contributed by atoms with E-state index < -0.39 is 0 Å². The van der Waals surface area contributed by atoms with Crippen LogP contribution in [0.25, 0.3) is 0 Å². The van der Waals surface area contributed by atoms with Gasteiger partial charge in [0.2, 0.25) is 23.8 Å². The third-order valence-corrected chi connectivity index (χ3v) is 6.97. The van der Waals surface area contributed by atoms with Gasteiger partial charge < -0.3 is 29.4 Å². The van der Waals surface area contributed by atoms with E-state index >= 15 is 0 Å². The maximum absolute atomic E-state index is 8.65. The lowest BCUT2D eigenvalue weighted by atomic mass is 10.1. The summed E-state index contributed by atoms with van der Waals surface area (Å²) < 4.78 is 0. The summed E-state index contributed by atoms with van der Waals surface area (Å²) in [6.45, 7) is 9.00. The quantitative estimate of drug-likeness (QED) is 0.222. The van der Waals surface area contributed by atoms with Gasteiger partial charge in [-0.05, 0) is 12.8 Å². The van der Waals surface area contributed by atoms with E-state index in [0.717, 1.165) is 37.9 Å². The summed E-state index contributed by atoms with van der Waals surface area (Å²) in [5.74, 6) is 2.22. The number of aliphatic imine (C=N–C) groups is 2. The fraction of sp³-hybridized carbons (Fsp3) is 0.857. The number of hydrogen-bond acceptors (Lipinski definition) is 2. The third kappa shape index (κ3) is 12.3. The van der Waals surface area contributed by atoms with Crippen molar-refractivity contribution in [1.82, 2.24) is 29.4 Å². The van der Waals surface area contributed by atoms with Gasteiger partial charge in [-0.15, -0.1) is 0 Å². The Hall–Kier alpha value is -2.52. The number of unbranched alkanes of at least 4 members (excludes halogenated alkanes) is 8. The molecule has 10 heteroatoms. The average molecular weight is 535 g/mol. The largest absolute Gasteiger partial charge is 0.349 e. The zero-order valence-electron chi connectivity index (χ0n) is 25.9. The van der Waals surface area contributed by atoms with Crippen molar-refractivity contribution in [2.75, 3.05) is 81.6 Å². The molecule has 1 fully saturated rings. The van der Waals surface area contributed by atoms with Crippen LogP contribution >= 0.6 is 0 Å². The first-order valence-electron chi connectivity index (χ1n) is 14.7. The molecule has 0 aromatic carbocycles. The van der Waals surface area contributed by atoms with Gasteiger partial charge in [-0.25, -0.2) is 0 Å². The van der Waals surface area contributed by atoms with E-state index in [1.165, 1.54) is 51.4 Å². The minimum atomic E-state index is 0.290. The van der Waals surface area contributed by atoms with Crippen molar-refractivity contribution in [1.29, 1.82) is 10.8 Å². The normalized spacial score (nSPS) is 14.5. The molecular formula is C28H58N10. The van der Waals surface area contributed by atoms with E-state index in [0.29, 0.717) is 26.2 Å². The van der Waals surface area contributed by atoms with Gasteiger partial charge in [-0.1, -0.05) is 65.2 Å². The van der Waals surface area contributed by atoms with E-state index in [1.807, 2.05) is 47.8 Å². The molecule has 1 rings (SSSR count). The Morgan fingerprint density at radius 2 is 0.868 bits per heavy atom. The molecule has 0 saturated carbocycles. The van der Waals surface area contributed by atoms with E-state index in [1.54, 1.807) is 0 Å². The van der Waals surface area contributed by atoms with Crippen LogP contribution in [0.1, 0.15) is 78.1 Å². The third-order valence-electron chi connectivity index (χ3n) is 6.97. The lowest BCUT2D eigenvalue weighted by Gasteiger charge is -2.36. The monoisotopic (exact) mass is 534 g/mol. The summed E-state index contributed by atoms with van der Waals surface area (Å²) >= 11 is 0. The number of nitrogens with zero attached hydrogens (tertiary/aromatic N) is 8. The molecule has 0 radical (unpaired) electrons. The number of rotatable bonds is 12. The molecule has 0 amide bonds. The standard InChI is InChI=1S/C28H58N10/c1-9-11-13-15-17-19-35(7)27(33(3)4)31-25(29)37-21-23-38(24-22-37)26(30)32-28(34(5)6)36(8)20-18-16-14-12-10-2/h29-30H,9-24H2,1-8H3/b29-25?,30-26?,31-27+,32-28+. The number of nitrogens with one attached hydrogen (secondary N) is 2. The second-order valence-corrected chi connectivity index (χ2v) is 10.9. The zero-order chi connectivity index (χ0) is 28.5. The Labute approximate surface area is 233 Å². The van der Waals surface area contributed by atoms with Crippen LogP contribution in [0.3, 0.4) is 0 Å². The molecule has 0 aliphatic carbocycles. The van der Waals surface area contributed by atoms with E-state index in [9.17, 15) is 0 Å². The Morgan fingerprint density at radius 3 is 1.16 bits per heavy atom. The van der Waals surface area contributed by atoms with Crippen LogP contribution in [0.4, 0.5) is 0 Å². The Kier molecular flexibility index (Phi) is 16.5. The number of hydrogen-bond donors (Lipinski definition) is 2. The summed E-state index contributed by atoms with van der Waals surface area (Å²) in [5, 5.41) is 17.3. The van der Waals surface area contributed by atoms with Gasteiger partial charge in [0.15, 0.2) is 0 Å². The molecule has 0 atom stereocenters. The summed E-state index contributed by atoms with van der Waals surface area (Å²) in [6, 6.07) is 0. The predicted octanol–water partition coefficient (Wildman–Crippen LogP) is 4.11. The van der Waals surface area contributed by atoms with Crippen LogP contribution in [-0.4, -0.2) is 135 Å². The van der Waals surface area contributed by atoms with Gasteiger partial charge in [0, 0.05) is 81.6 Å². The molecule has 1 saturated heterocycles. The van der Waals surface area contributed by atoms with Crippen LogP contribution in [-0.2, 0) is 0 Å². The molecule has 0 spiro atoms. The lowest BCUT2D eigenvalue weighted by molar-refractivity contribution is 0.252. The van der Waals surface area contributed by atoms with Crippen LogP contribution in [0.5, 0.6) is 0 Å². The van der Waals surface area contributed by atoms with Crippen LogP contribution in [0.2, 0.25) is 0 Å². The predicted molar refractivity (Wildman–Crippen MR) is 164 cm³/mol. The molecule has 220 valence electrons. The van der Waals surface area contributed by atoms with E-state index in [4.69, 9.17) is 20.8 Å². The summed E-state index contributed by atoms with van der Waals surface area (Å²) in [5.41, 5.74) is 0. The molecule has 0 unspecified atom stereocenters. The van der Waals surface area contributed by atoms with Gasteiger partial charge in [-0.2, -0.15) is 9.98 Å². The first-order chi connectivity index (χ1) is 18.1. The lowest BCUT2D eigenvalue weighted by Crippen LogP contribution is -2.51. The molecule has 2 N–H and O–H groups in total. The molecule has 38 heavy (non-hydrogen) atoms. The average Bonchev–Trinajstić information content (AvgIpc) is 2.89. The summed E-state index contributed by atoms with van der Waals surface area (Å²) in [7, 11) is 12.1. The van der Waals surface area contributed by atoms with Gasteiger partial charge in [0.25, 0.3) is 0 Å². The van der Waals surface area contributed by atoms with Crippen molar-refractivity contribution in [3.05, 3.63) is 0 Å². The second-order valence-electron chi connectivity index (χ2n) is 10.9. The summed E-state index contributed by atoms with van der Waals surface area (Å²) in [6.07, 6.45) is 12.4. The number of guanidine groups is 4. The van der Waals surface area contributed by atoms with E-state index in [2.05, 4.69) is 37.7 Å². The smallest absolute Gasteiger partial charge is 0.221 e. The molecular weight excluding hydrogens is 476 g/mol. The van der Waals surface area contributed by atoms with Gasteiger partial charge in [0.05, 0.1) is 0 Å². The topological polar surface area (TPSA) is 91.9 Å². The van der Waals surface area contributed by atoms with Gasteiger partial charge >= 0.3 is 0 Å². The highest BCUT2D eigenvalue weighted by Crippen LogP contribution is 2.09. The Morgan fingerprint density at radius 1 is 0.553 bits per heavy atom. The van der Waals surface area contributed by atoms with Gasteiger partial charge in [-0.3, -0.25) is 10.8 Å². The second kappa shape index (κ2) is 18.7. The minimum absolute atomic E-state index is 0.290. The van der Waals surface area contributed by atoms with E-state index in [-0.39, 0.29) is 11.9 Å². The minimum Gasteiger partial charge on any atom is -0.349 e. The Bertz CT molecular complexity index is 676. The van der Waals surface area contributed by atoms with Crippen molar-refractivity contribution < 1.29 is 0 Å². The highest BCUT2D eigenvalue weighted by Gasteiger charge is 2.23. The first kappa shape index (κ1) is 33.5.